The molecule has 1 N–H and O–H groups in total. The van der Waals surface area contributed by atoms with Crippen LogP contribution in [0.25, 0.3) is 0 Å². The molecule has 0 fully saturated rings. The summed E-state index contributed by atoms with van der Waals surface area (Å²) in [6, 6.07) is 22.5. The van der Waals surface area contributed by atoms with Crippen molar-refractivity contribution in [2.75, 3.05) is 0 Å². The van der Waals surface area contributed by atoms with Gasteiger partial charge in [-0.25, -0.2) is 0 Å². The van der Waals surface area contributed by atoms with Crippen LogP contribution in [0.15, 0.2) is 71.8 Å². The Balaban J connectivity index is 1.57. The van der Waals surface area contributed by atoms with Crippen molar-refractivity contribution in [2.24, 2.45) is 5.10 Å². The summed E-state index contributed by atoms with van der Waals surface area (Å²) in [6.45, 7) is 0.819. The van der Waals surface area contributed by atoms with E-state index in [1.54, 1.807) is 30.5 Å². The number of nitrogens with one attached hydrogen (secondary N) is 1. The molecule has 140 valence electrons. The van der Waals surface area contributed by atoms with Gasteiger partial charge in [-0.1, -0.05) is 53.5 Å². The van der Waals surface area contributed by atoms with Gasteiger partial charge < -0.3 is 10.2 Å². The van der Waals surface area contributed by atoms with Crippen molar-refractivity contribution in [3.63, 3.8) is 0 Å². The van der Waals surface area contributed by atoms with Crippen molar-refractivity contribution in [1.82, 2.24) is 5.43 Å². The van der Waals surface area contributed by atoms with Crippen LogP contribution in [-0.4, -0.2) is 6.21 Å². The number of hydrogen-bond acceptors (Lipinski definition) is 4. The van der Waals surface area contributed by atoms with Crippen molar-refractivity contribution in [1.29, 1.82) is 5.26 Å². The van der Waals surface area contributed by atoms with E-state index in [1.807, 2.05) is 42.5 Å². The maximum Gasteiger partial charge on any atom is 0.120 e. The number of rotatable bonds is 7. The highest BCUT2D eigenvalue weighted by Crippen LogP contribution is 2.23. The minimum Gasteiger partial charge on any atom is -0.489 e. The molecule has 3 rings (SSSR count). The zero-order valence-electron chi connectivity index (χ0n) is 14.9. The highest BCUT2D eigenvalue weighted by atomic mass is 35.5. The van der Waals surface area contributed by atoms with Crippen LogP contribution in [0.5, 0.6) is 5.75 Å². The summed E-state index contributed by atoms with van der Waals surface area (Å²) in [5.41, 5.74) is 6.20. The highest BCUT2D eigenvalue weighted by molar-refractivity contribution is 6.35. The SMILES string of the molecule is N#Cc1cccc(COc2cccc(/C=N\NCc3c(Cl)cccc3Cl)c2)c1. The quantitative estimate of drug-likeness (QED) is 0.409. The molecule has 3 aromatic rings. The molecule has 0 saturated carbocycles. The standard InChI is InChI=1S/C22H17Cl2N3O/c23-21-8-3-9-22(24)20(21)14-27-26-13-17-5-2-7-19(11-17)28-15-18-6-1-4-16(10-18)12-25/h1-11,13,27H,14-15H2/b26-13-. The molecule has 0 spiro atoms. The third-order valence-electron chi connectivity index (χ3n) is 3.94. The number of benzene rings is 3. The van der Waals surface area contributed by atoms with E-state index in [9.17, 15) is 0 Å². The van der Waals surface area contributed by atoms with Gasteiger partial charge in [0.05, 0.1) is 24.4 Å². The molecule has 3 aromatic carbocycles. The first-order chi connectivity index (χ1) is 13.7. The topological polar surface area (TPSA) is 57.4 Å². The molecule has 0 aliphatic heterocycles. The van der Waals surface area contributed by atoms with Gasteiger partial charge >= 0.3 is 0 Å². The average Bonchev–Trinajstić information content (AvgIpc) is 2.72. The van der Waals surface area contributed by atoms with Crippen LogP contribution in [0, 0.1) is 11.3 Å². The van der Waals surface area contributed by atoms with Crippen LogP contribution in [-0.2, 0) is 13.2 Å². The molecule has 0 atom stereocenters. The maximum atomic E-state index is 8.96. The van der Waals surface area contributed by atoms with Gasteiger partial charge in [0.25, 0.3) is 0 Å². The number of nitriles is 1. The van der Waals surface area contributed by atoms with Crippen LogP contribution in [0.3, 0.4) is 0 Å². The molecule has 0 aliphatic carbocycles. The van der Waals surface area contributed by atoms with Crippen molar-refractivity contribution < 1.29 is 4.74 Å². The number of ether oxygens (including phenoxy) is 1. The molecule has 0 aromatic heterocycles. The van der Waals surface area contributed by atoms with Gasteiger partial charge in [-0.15, -0.1) is 0 Å². The van der Waals surface area contributed by atoms with Crippen LogP contribution >= 0.6 is 23.2 Å². The first-order valence-corrected chi connectivity index (χ1v) is 9.32. The van der Waals surface area contributed by atoms with E-state index in [2.05, 4.69) is 16.6 Å². The van der Waals surface area contributed by atoms with Gasteiger partial charge in [-0.2, -0.15) is 10.4 Å². The van der Waals surface area contributed by atoms with E-state index in [4.69, 9.17) is 33.2 Å². The van der Waals surface area contributed by atoms with E-state index < -0.39 is 0 Å². The van der Waals surface area contributed by atoms with E-state index in [0.717, 1.165) is 22.4 Å². The summed E-state index contributed by atoms with van der Waals surface area (Å²) in [7, 11) is 0. The molecule has 0 heterocycles. The molecule has 0 bridgehead atoms. The summed E-state index contributed by atoms with van der Waals surface area (Å²) < 4.78 is 5.81. The predicted octanol–water partition coefficient (Wildman–Crippen LogP) is 5.57. The summed E-state index contributed by atoms with van der Waals surface area (Å²) in [4.78, 5) is 0. The Morgan fingerprint density at radius 3 is 2.54 bits per heavy atom. The molecule has 0 amide bonds. The molecule has 0 aliphatic rings. The Kier molecular flexibility index (Phi) is 6.91. The molecule has 0 unspecified atom stereocenters. The summed E-state index contributed by atoms with van der Waals surface area (Å²) in [6.07, 6.45) is 1.70. The van der Waals surface area contributed by atoms with Gasteiger partial charge in [-0.3, -0.25) is 0 Å². The third-order valence-corrected chi connectivity index (χ3v) is 4.65. The van der Waals surface area contributed by atoms with E-state index in [0.29, 0.717) is 28.8 Å². The molecule has 28 heavy (non-hydrogen) atoms. The fourth-order valence-electron chi connectivity index (χ4n) is 2.53. The molecule has 4 nitrogen and oxygen atoms in total. The Labute approximate surface area is 174 Å². The van der Waals surface area contributed by atoms with Gasteiger partial charge in [0.2, 0.25) is 0 Å². The molecular formula is C22H17Cl2N3O. The lowest BCUT2D eigenvalue weighted by Crippen LogP contribution is -2.06. The lowest BCUT2D eigenvalue weighted by atomic mass is 10.1. The molecule has 6 heteroatoms. The van der Waals surface area contributed by atoms with E-state index in [1.165, 1.54) is 0 Å². The normalized spacial score (nSPS) is 10.6. The summed E-state index contributed by atoms with van der Waals surface area (Å²) in [5.74, 6) is 0.723. The summed E-state index contributed by atoms with van der Waals surface area (Å²) in [5, 5.41) is 14.4. The fraction of sp³-hybridized carbons (Fsp3) is 0.0909. The van der Waals surface area contributed by atoms with Crippen molar-refractivity contribution in [3.05, 3.63) is 99.0 Å². The number of halogens is 2. The van der Waals surface area contributed by atoms with E-state index in [-0.39, 0.29) is 0 Å². The molecule has 0 radical (unpaired) electrons. The Hall–Kier alpha value is -3.00. The first kappa shape index (κ1) is 19.8. The zero-order chi connectivity index (χ0) is 19.8. The zero-order valence-corrected chi connectivity index (χ0v) is 16.4. The lowest BCUT2D eigenvalue weighted by Gasteiger charge is -2.08. The average molecular weight is 410 g/mol. The lowest BCUT2D eigenvalue weighted by molar-refractivity contribution is 0.306. The first-order valence-electron chi connectivity index (χ1n) is 8.56. The molecule has 0 saturated heterocycles. The predicted molar refractivity (Wildman–Crippen MR) is 113 cm³/mol. The number of nitrogens with zero attached hydrogens (tertiary/aromatic N) is 2. The number of hydrazone groups is 1. The van der Waals surface area contributed by atoms with Crippen LogP contribution < -0.4 is 10.2 Å². The van der Waals surface area contributed by atoms with Crippen LogP contribution in [0.4, 0.5) is 0 Å². The Morgan fingerprint density at radius 1 is 1.00 bits per heavy atom. The second-order valence-electron chi connectivity index (χ2n) is 5.97. The minimum atomic E-state index is 0.388. The number of hydrogen-bond donors (Lipinski definition) is 1. The van der Waals surface area contributed by atoms with Crippen LogP contribution in [0.2, 0.25) is 10.0 Å². The van der Waals surface area contributed by atoms with Gasteiger partial charge in [0.1, 0.15) is 12.4 Å². The fourth-order valence-corrected chi connectivity index (χ4v) is 3.06. The smallest absolute Gasteiger partial charge is 0.120 e. The van der Waals surface area contributed by atoms with Gasteiger partial charge in [0, 0.05) is 15.6 Å². The monoisotopic (exact) mass is 409 g/mol. The van der Waals surface area contributed by atoms with Crippen LogP contribution in [0.1, 0.15) is 22.3 Å². The highest BCUT2D eigenvalue weighted by Gasteiger charge is 2.04. The van der Waals surface area contributed by atoms with Crippen molar-refractivity contribution in [2.45, 2.75) is 13.2 Å². The molecular weight excluding hydrogens is 393 g/mol. The maximum absolute atomic E-state index is 8.96. The van der Waals surface area contributed by atoms with Crippen molar-refractivity contribution >= 4 is 29.4 Å². The largest absolute Gasteiger partial charge is 0.489 e. The summed E-state index contributed by atoms with van der Waals surface area (Å²) >= 11 is 12.3. The van der Waals surface area contributed by atoms with Crippen molar-refractivity contribution in [3.8, 4) is 11.8 Å². The van der Waals surface area contributed by atoms with E-state index >= 15 is 0 Å². The minimum absolute atomic E-state index is 0.388. The second kappa shape index (κ2) is 9.80. The van der Waals surface area contributed by atoms with Gasteiger partial charge in [-0.05, 0) is 47.5 Å². The third kappa shape index (κ3) is 5.50. The Morgan fingerprint density at radius 2 is 1.75 bits per heavy atom. The second-order valence-corrected chi connectivity index (χ2v) is 6.78. The Bertz CT molecular complexity index is 1010. The van der Waals surface area contributed by atoms with Gasteiger partial charge in [0.15, 0.2) is 0 Å².